The van der Waals surface area contributed by atoms with E-state index in [1.807, 2.05) is 32.0 Å². The number of halogens is 2. The molecule has 2 aromatic rings. The Labute approximate surface area is 151 Å². The maximum atomic E-state index is 12.0. The van der Waals surface area contributed by atoms with Crippen LogP contribution in [0.4, 0.5) is 5.69 Å². The van der Waals surface area contributed by atoms with E-state index in [2.05, 4.69) is 37.2 Å². The van der Waals surface area contributed by atoms with Gasteiger partial charge in [-0.25, -0.2) is 0 Å². The lowest BCUT2D eigenvalue weighted by Crippen LogP contribution is -2.20. The largest absolute Gasteiger partial charge is 0.482 e. The van der Waals surface area contributed by atoms with Crippen molar-refractivity contribution in [3.63, 3.8) is 0 Å². The SMILES string of the molecule is Cc1ccc(NC(=O)COc2c(Br)cc(Br)cc2C=O)cc1C. The van der Waals surface area contributed by atoms with Crippen molar-refractivity contribution < 1.29 is 14.3 Å². The zero-order valence-corrected chi connectivity index (χ0v) is 15.8. The lowest BCUT2D eigenvalue weighted by atomic mass is 10.1. The van der Waals surface area contributed by atoms with Crippen LogP contribution < -0.4 is 10.1 Å². The fourth-order valence-corrected chi connectivity index (χ4v) is 3.35. The quantitative estimate of drug-likeness (QED) is 0.688. The van der Waals surface area contributed by atoms with Gasteiger partial charge in [-0.15, -0.1) is 0 Å². The molecule has 0 spiro atoms. The van der Waals surface area contributed by atoms with E-state index in [1.165, 1.54) is 0 Å². The summed E-state index contributed by atoms with van der Waals surface area (Å²) in [5, 5.41) is 2.77. The first-order valence-electron chi connectivity index (χ1n) is 6.85. The normalized spacial score (nSPS) is 10.3. The Morgan fingerprint density at radius 3 is 2.57 bits per heavy atom. The number of carbonyl (C=O) groups excluding carboxylic acids is 2. The molecule has 0 aliphatic rings. The maximum absolute atomic E-state index is 12.0. The van der Waals surface area contributed by atoms with Crippen LogP contribution in [0.3, 0.4) is 0 Å². The Balaban J connectivity index is 2.04. The molecule has 0 saturated carbocycles. The number of aldehydes is 1. The Morgan fingerprint density at radius 1 is 1.17 bits per heavy atom. The van der Waals surface area contributed by atoms with Crippen molar-refractivity contribution >= 4 is 49.7 Å². The van der Waals surface area contributed by atoms with Gasteiger partial charge in [-0.3, -0.25) is 9.59 Å². The van der Waals surface area contributed by atoms with Crippen LogP contribution in [0, 0.1) is 13.8 Å². The summed E-state index contributed by atoms with van der Waals surface area (Å²) >= 11 is 6.63. The first-order chi connectivity index (χ1) is 10.9. The predicted molar refractivity (Wildman–Crippen MR) is 97.3 cm³/mol. The molecule has 2 rings (SSSR count). The van der Waals surface area contributed by atoms with Gasteiger partial charge >= 0.3 is 0 Å². The van der Waals surface area contributed by atoms with Crippen molar-refractivity contribution in [2.24, 2.45) is 0 Å². The summed E-state index contributed by atoms with van der Waals surface area (Å²) < 4.78 is 6.84. The topological polar surface area (TPSA) is 55.4 Å². The molecule has 4 nitrogen and oxygen atoms in total. The number of hydrogen-bond donors (Lipinski definition) is 1. The summed E-state index contributed by atoms with van der Waals surface area (Å²) in [6.45, 7) is 3.81. The fourth-order valence-electron chi connectivity index (χ4n) is 1.97. The van der Waals surface area contributed by atoms with Crippen molar-refractivity contribution in [1.82, 2.24) is 0 Å². The van der Waals surface area contributed by atoms with Gasteiger partial charge in [0.2, 0.25) is 0 Å². The van der Waals surface area contributed by atoms with Crippen LogP contribution in [0.2, 0.25) is 0 Å². The van der Waals surface area contributed by atoms with Gasteiger partial charge in [0.05, 0.1) is 10.0 Å². The molecule has 1 amide bonds. The summed E-state index contributed by atoms with van der Waals surface area (Å²) in [5.41, 5.74) is 3.34. The van der Waals surface area contributed by atoms with E-state index >= 15 is 0 Å². The zero-order chi connectivity index (χ0) is 17.0. The van der Waals surface area contributed by atoms with Crippen molar-refractivity contribution in [3.05, 3.63) is 56.0 Å². The third-order valence-electron chi connectivity index (χ3n) is 3.30. The second-order valence-corrected chi connectivity index (χ2v) is 6.83. The lowest BCUT2D eigenvalue weighted by molar-refractivity contribution is -0.118. The van der Waals surface area contributed by atoms with E-state index in [-0.39, 0.29) is 12.5 Å². The number of carbonyl (C=O) groups is 2. The predicted octanol–water partition coefficient (Wildman–Crippen LogP) is 4.66. The molecule has 0 atom stereocenters. The molecule has 2 aromatic carbocycles. The molecule has 6 heteroatoms. The van der Waals surface area contributed by atoms with Crippen LogP contribution >= 0.6 is 31.9 Å². The third-order valence-corrected chi connectivity index (χ3v) is 4.35. The smallest absolute Gasteiger partial charge is 0.262 e. The van der Waals surface area contributed by atoms with Crippen LogP contribution in [0.5, 0.6) is 5.75 Å². The van der Waals surface area contributed by atoms with Gasteiger partial charge < -0.3 is 10.1 Å². The van der Waals surface area contributed by atoms with Crippen molar-refractivity contribution in [3.8, 4) is 5.75 Å². The fraction of sp³-hybridized carbons (Fsp3) is 0.176. The minimum Gasteiger partial charge on any atom is -0.482 e. The van der Waals surface area contributed by atoms with Gasteiger partial charge in [-0.05, 0) is 65.2 Å². The van der Waals surface area contributed by atoms with Crippen LogP contribution in [0.1, 0.15) is 21.5 Å². The van der Waals surface area contributed by atoms with Gasteiger partial charge in [0, 0.05) is 10.2 Å². The first-order valence-corrected chi connectivity index (χ1v) is 8.43. The summed E-state index contributed by atoms with van der Waals surface area (Å²) in [5.74, 6) is 0.0540. The maximum Gasteiger partial charge on any atom is 0.262 e. The number of ether oxygens (including phenoxy) is 1. The van der Waals surface area contributed by atoms with Crippen LogP contribution in [-0.2, 0) is 4.79 Å². The van der Waals surface area contributed by atoms with E-state index < -0.39 is 0 Å². The summed E-state index contributed by atoms with van der Waals surface area (Å²) in [6.07, 6.45) is 0.687. The Morgan fingerprint density at radius 2 is 1.91 bits per heavy atom. The molecule has 120 valence electrons. The number of anilines is 1. The highest BCUT2D eigenvalue weighted by Gasteiger charge is 2.12. The third kappa shape index (κ3) is 4.65. The average Bonchev–Trinajstić information content (AvgIpc) is 2.49. The van der Waals surface area contributed by atoms with Gasteiger partial charge in [-0.1, -0.05) is 22.0 Å². The number of hydrogen-bond acceptors (Lipinski definition) is 3. The minimum absolute atomic E-state index is 0.187. The van der Waals surface area contributed by atoms with Gasteiger partial charge in [-0.2, -0.15) is 0 Å². The van der Waals surface area contributed by atoms with Gasteiger partial charge in [0.25, 0.3) is 5.91 Å². The van der Waals surface area contributed by atoms with E-state index in [4.69, 9.17) is 4.74 Å². The first kappa shape index (κ1) is 17.7. The van der Waals surface area contributed by atoms with Gasteiger partial charge in [0.1, 0.15) is 5.75 Å². The Kier molecular flexibility index (Phi) is 5.96. The number of nitrogens with one attached hydrogen (secondary N) is 1. The minimum atomic E-state index is -0.292. The molecule has 0 fully saturated rings. The van der Waals surface area contributed by atoms with Crippen LogP contribution in [0.25, 0.3) is 0 Å². The average molecular weight is 441 g/mol. The van der Waals surface area contributed by atoms with Crippen molar-refractivity contribution in [1.29, 1.82) is 0 Å². The van der Waals surface area contributed by atoms with Crippen LogP contribution in [-0.4, -0.2) is 18.8 Å². The molecule has 0 aliphatic heterocycles. The van der Waals surface area contributed by atoms with Crippen molar-refractivity contribution in [2.75, 3.05) is 11.9 Å². The second kappa shape index (κ2) is 7.75. The Bertz CT molecular complexity index is 760. The molecule has 0 saturated heterocycles. The second-order valence-electron chi connectivity index (χ2n) is 5.06. The lowest BCUT2D eigenvalue weighted by Gasteiger charge is -2.12. The number of aryl methyl sites for hydroxylation is 2. The molecule has 0 aliphatic carbocycles. The summed E-state index contributed by atoms with van der Waals surface area (Å²) in [7, 11) is 0. The summed E-state index contributed by atoms with van der Waals surface area (Å²) in [4.78, 5) is 23.1. The van der Waals surface area contributed by atoms with E-state index in [0.717, 1.165) is 15.6 Å². The molecular formula is C17H15Br2NO3. The monoisotopic (exact) mass is 439 g/mol. The molecular weight excluding hydrogens is 426 g/mol. The molecule has 0 unspecified atom stereocenters. The number of amides is 1. The van der Waals surface area contributed by atoms with Crippen molar-refractivity contribution in [2.45, 2.75) is 13.8 Å². The number of rotatable bonds is 5. The molecule has 0 aromatic heterocycles. The molecule has 0 bridgehead atoms. The van der Waals surface area contributed by atoms with Crippen LogP contribution in [0.15, 0.2) is 39.3 Å². The molecule has 1 N–H and O–H groups in total. The van der Waals surface area contributed by atoms with E-state index in [1.54, 1.807) is 12.1 Å². The molecule has 0 radical (unpaired) electrons. The standard InChI is InChI=1S/C17H15Br2NO3/c1-10-3-4-14(5-11(10)2)20-16(22)9-23-17-12(8-21)6-13(18)7-15(17)19/h3-8H,9H2,1-2H3,(H,20,22). The highest BCUT2D eigenvalue weighted by atomic mass is 79.9. The molecule has 0 heterocycles. The summed E-state index contributed by atoms with van der Waals surface area (Å²) in [6, 6.07) is 9.08. The Hall–Kier alpha value is -1.66. The molecule has 23 heavy (non-hydrogen) atoms. The number of benzene rings is 2. The van der Waals surface area contributed by atoms with E-state index in [0.29, 0.717) is 27.8 Å². The van der Waals surface area contributed by atoms with Gasteiger partial charge in [0.15, 0.2) is 12.9 Å². The van der Waals surface area contributed by atoms with E-state index in [9.17, 15) is 9.59 Å². The zero-order valence-electron chi connectivity index (χ0n) is 12.7. The highest BCUT2D eigenvalue weighted by Crippen LogP contribution is 2.32. The highest BCUT2D eigenvalue weighted by molar-refractivity contribution is 9.11.